The lowest BCUT2D eigenvalue weighted by Gasteiger charge is -2.34. The normalized spacial score (nSPS) is 20.0. The Balaban J connectivity index is 2.09. The van der Waals surface area contributed by atoms with Crippen LogP contribution < -0.4 is 10.2 Å². The highest BCUT2D eigenvalue weighted by atomic mass is 16.5. The zero-order valence-corrected chi connectivity index (χ0v) is 12.2. The lowest BCUT2D eigenvalue weighted by molar-refractivity contribution is 0.0381. The van der Waals surface area contributed by atoms with Gasteiger partial charge < -0.3 is 15.0 Å². The van der Waals surface area contributed by atoms with Crippen molar-refractivity contribution in [2.24, 2.45) is 0 Å². The number of rotatable bonds is 5. The van der Waals surface area contributed by atoms with Gasteiger partial charge in [0, 0.05) is 37.4 Å². The van der Waals surface area contributed by atoms with E-state index in [9.17, 15) is 0 Å². The summed E-state index contributed by atoms with van der Waals surface area (Å²) >= 11 is 0. The minimum atomic E-state index is 0.335. The maximum atomic E-state index is 5.73. The fourth-order valence-electron chi connectivity index (χ4n) is 2.33. The van der Waals surface area contributed by atoms with E-state index in [0.717, 1.165) is 38.5 Å². The van der Waals surface area contributed by atoms with Crippen molar-refractivity contribution in [2.45, 2.75) is 45.9 Å². The second-order valence-electron chi connectivity index (χ2n) is 5.37. The topological polar surface area (TPSA) is 37.4 Å². The Morgan fingerprint density at radius 3 is 3.11 bits per heavy atom. The molecule has 4 heteroatoms. The van der Waals surface area contributed by atoms with E-state index in [0.29, 0.717) is 12.1 Å². The zero-order valence-electron chi connectivity index (χ0n) is 12.2. The molecule has 0 spiro atoms. The largest absolute Gasteiger partial charge is 0.375 e. The van der Waals surface area contributed by atoms with Crippen LogP contribution >= 0.6 is 0 Å². The predicted octanol–water partition coefficient (Wildman–Crippen LogP) is 2.19. The third-order valence-electron chi connectivity index (χ3n) is 3.46. The van der Waals surface area contributed by atoms with Gasteiger partial charge in [-0.3, -0.25) is 0 Å². The Labute approximate surface area is 116 Å². The average molecular weight is 263 g/mol. The lowest BCUT2D eigenvalue weighted by Crippen LogP contribution is -2.43. The first kappa shape index (κ1) is 14.3. The summed E-state index contributed by atoms with van der Waals surface area (Å²) in [5, 5.41) is 3.47. The van der Waals surface area contributed by atoms with Gasteiger partial charge in [0.1, 0.15) is 5.82 Å². The van der Waals surface area contributed by atoms with E-state index < -0.39 is 0 Å². The van der Waals surface area contributed by atoms with Crippen molar-refractivity contribution >= 4 is 5.82 Å². The number of pyridine rings is 1. The van der Waals surface area contributed by atoms with Crippen LogP contribution in [-0.4, -0.2) is 36.8 Å². The van der Waals surface area contributed by atoms with Crippen LogP contribution in [0.25, 0.3) is 0 Å². The monoisotopic (exact) mass is 263 g/mol. The standard InChI is InChI=1S/C15H25N3O/c1-4-14-11-18(8-9-19-14)15-13(6-5-7-16-15)10-17-12(2)3/h5-7,12,14,17H,4,8-11H2,1-3H3. The number of aromatic nitrogens is 1. The SMILES string of the molecule is CCC1CN(c2ncccc2CNC(C)C)CCO1. The number of hydrogen-bond donors (Lipinski definition) is 1. The van der Waals surface area contributed by atoms with Gasteiger partial charge in [0.15, 0.2) is 0 Å². The van der Waals surface area contributed by atoms with Gasteiger partial charge >= 0.3 is 0 Å². The maximum absolute atomic E-state index is 5.73. The van der Waals surface area contributed by atoms with Crippen LogP contribution in [0, 0.1) is 0 Å². The molecule has 106 valence electrons. The molecule has 0 aromatic carbocycles. The molecule has 1 aliphatic heterocycles. The first-order valence-electron chi connectivity index (χ1n) is 7.24. The molecule has 0 bridgehead atoms. The molecule has 1 fully saturated rings. The van der Waals surface area contributed by atoms with Gasteiger partial charge in [0.25, 0.3) is 0 Å². The van der Waals surface area contributed by atoms with Crippen LogP contribution in [0.15, 0.2) is 18.3 Å². The molecule has 1 aromatic rings. The zero-order chi connectivity index (χ0) is 13.7. The Morgan fingerprint density at radius 1 is 1.53 bits per heavy atom. The van der Waals surface area contributed by atoms with E-state index in [1.54, 1.807) is 0 Å². The predicted molar refractivity (Wildman–Crippen MR) is 78.5 cm³/mol. The summed E-state index contributed by atoms with van der Waals surface area (Å²) in [6.45, 7) is 10.1. The fourth-order valence-corrected chi connectivity index (χ4v) is 2.33. The Kier molecular flexibility index (Phi) is 5.16. The lowest BCUT2D eigenvalue weighted by atomic mass is 10.2. The van der Waals surface area contributed by atoms with Crippen LogP contribution in [-0.2, 0) is 11.3 Å². The number of ether oxygens (including phenoxy) is 1. The molecule has 19 heavy (non-hydrogen) atoms. The third-order valence-corrected chi connectivity index (χ3v) is 3.46. The van der Waals surface area contributed by atoms with Crippen molar-refractivity contribution in [1.29, 1.82) is 0 Å². The Bertz CT molecular complexity index is 395. The van der Waals surface area contributed by atoms with E-state index in [1.165, 1.54) is 5.56 Å². The average Bonchev–Trinajstić information content (AvgIpc) is 2.45. The smallest absolute Gasteiger partial charge is 0.133 e. The van der Waals surface area contributed by atoms with E-state index in [4.69, 9.17) is 4.74 Å². The molecular formula is C15H25N3O. The van der Waals surface area contributed by atoms with Gasteiger partial charge in [-0.1, -0.05) is 26.8 Å². The van der Waals surface area contributed by atoms with Gasteiger partial charge in [0.05, 0.1) is 12.7 Å². The van der Waals surface area contributed by atoms with Crippen LogP contribution in [0.3, 0.4) is 0 Å². The molecule has 1 unspecified atom stereocenters. The highest BCUT2D eigenvalue weighted by Gasteiger charge is 2.21. The highest BCUT2D eigenvalue weighted by Crippen LogP contribution is 2.20. The second kappa shape index (κ2) is 6.87. The number of nitrogens with one attached hydrogen (secondary N) is 1. The number of anilines is 1. The molecular weight excluding hydrogens is 238 g/mol. The molecule has 0 saturated carbocycles. The summed E-state index contributed by atoms with van der Waals surface area (Å²) in [6, 6.07) is 4.66. The summed E-state index contributed by atoms with van der Waals surface area (Å²) in [6.07, 6.45) is 3.27. The van der Waals surface area contributed by atoms with Crippen molar-refractivity contribution in [3.63, 3.8) is 0 Å². The summed E-state index contributed by atoms with van der Waals surface area (Å²) in [5.41, 5.74) is 1.27. The van der Waals surface area contributed by atoms with Crippen molar-refractivity contribution in [3.05, 3.63) is 23.9 Å². The van der Waals surface area contributed by atoms with Crippen molar-refractivity contribution in [2.75, 3.05) is 24.6 Å². The molecule has 1 aromatic heterocycles. The first-order valence-corrected chi connectivity index (χ1v) is 7.24. The minimum absolute atomic E-state index is 0.335. The summed E-state index contributed by atoms with van der Waals surface area (Å²) in [7, 11) is 0. The molecule has 2 rings (SSSR count). The molecule has 4 nitrogen and oxygen atoms in total. The molecule has 1 saturated heterocycles. The van der Waals surface area contributed by atoms with Gasteiger partial charge in [-0.05, 0) is 12.5 Å². The molecule has 1 atom stereocenters. The minimum Gasteiger partial charge on any atom is -0.375 e. The summed E-state index contributed by atoms with van der Waals surface area (Å²) < 4.78 is 5.73. The van der Waals surface area contributed by atoms with Crippen LogP contribution in [0.1, 0.15) is 32.8 Å². The van der Waals surface area contributed by atoms with Gasteiger partial charge in [-0.2, -0.15) is 0 Å². The van der Waals surface area contributed by atoms with E-state index >= 15 is 0 Å². The Morgan fingerprint density at radius 2 is 2.37 bits per heavy atom. The van der Waals surface area contributed by atoms with E-state index in [-0.39, 0.29) is 0 Å². The number of nitrogens with zero attached hydrogens (tertiary/aromatic N) is 2. The fraction of sp³-hybridized carbons (Fsp3) is 0.667. The van der Waals surface area contributed by atoms with Gasteiger partial charge in [0.2, 0.25) is 0 Å². The van der Waals surface area contributed by atoms with Gasteiger partial charge in [-0.25, -0.2) is 4.98 Å². The molecule has 0 aliphatic carbocycles. The molecule has 1 aliphatic rings. The maximum Gasteiger partial charge on any atom is 0.133 e. The molecule has 2 heterocycles. The van der Waals surface area contributed by atoms with Gasteiger partial charge in [-0.15, -0.1) is 0 Å². The summed E-state index contributed by atoms with van der Waals surface area (Å²) in [5.74, 6) is 1.11. The quantitative estimate of drug-likeness (QED) is 0.883. The summed E-state index contributed by atoms with van der Waals surface area (Å²) in [4.78, 5) is 6.94. The van der Waals surface area contributed by atoms with Crippen molar-refractivity contribution in [1.82, 2.24) is 10.3 Å². The third kappa shape index (κ3) is 3.91. The molecule has 0 amide bonds. The van der Waals surface area contributed by atoms with Crippen LogP contribution in [0.5, 0.6) is 0 Å². The first-order chi connectivity index (χ1) is 9.20. The number of hydrogen-bond acceptors (Lipinski definition) is 4. The molecule has 0 radical (unpaired) electrons. The van der Waals surface area contributed by atoms with Crippen LogP contribution in [0.2, 0.25) is 0 Å². The van der Waals surface area contributed by atoms with E-state index in [1.807, 2.05) is 12.3 Å². The Hall–Kier alpha value is -1.13. The van der Waals surface area contributed by atoms with E-state index in [2.05, 4.69) is 42.0 Å². The van der Waals surface area contributed by atoms with Crippen molar-refractivity contribution < 1.29 is 4.74 Å². The number of morpholine rings is 1. The van der Waals surface area contributed by atoms with Crippen molar-refractivity contribution in [3.8, 4) is 0 Å². The molecule has 1 N–H and O–H groups in total. The second-order valence-corrected chi connectivity index (χ2v) is 5.37. The highest BCUT2D eigenvalue weighted by molar-refractivity contribution is 5.47. The van der Waals surface area contributed by atoms with Crippen LogP contribution in [0.4, 0.5) is 5.82 Å².